The second-order valence-corrected chi connectivity index (χ2v) is 11.3. The zero-order valence-corrected chi connectivity index (χ0v) is 25.1. The van der Waals surface area contributed by atoms with Gasteiger partial charge < -0.3 is 26.0 Å². The fraction of sp³-hybridized carbons (Fsp3) is 0.467. The summed E-state index contributed by atoms with van der Waals surface area (Å²) in [7, 11) is 0. The molecule has 4 amide bonds. The zero-order chi connectivity index (χ0) is 30.2. The van der Waals surface area contributed by atoms with Crippen LogP contribution in [0.4, 0.5) is 10.5 Å². The van der Waals surface area contributed by atoms with Gasteiger partial charge in [-0.25, -0.2) is 4.79 Å². The van der Waals surface area contributed by atoms with Crippen molar-refractivity contribution in [3.8, 4) is 0 Å². The number of ether oxygens (including phenoxy) is 1. The number of amides is 4. The van der Waals surface area contributed by atoms with E-state index in [0.717, 1.165) is 16.7 Å². The minimum Gasteiger partial charge on any atom is -0.444 e. The van der Waals surface area contributed by atoms with Crippen molar-refractivity contribution in [3.05, 3.63) is 63.7 Å². The van der Waals surface area contributed by atoms with Gasteiger partial charge in [-0.2, -0.15) is 0 Å². The molecule has 0 spiro atoms. The topological polar surface area (TPSA) is 131 Å². The van der Waals surface area contributed by atoms with Crippen LogP contribution in [0.1, 0.15) is 75.3 Å². The van der Waals surface area contributed by atoms with Gasteiger partial charge in [0.2, 0.25) is 11.8 Å². The van der Waals surface area contributed by atoms with E-state index in [1.54, 1.807) is 32.9 Å². The molecule has 9 nitrogen and oxygen atoms in total. The largest absolute Gasteiger partial charge is 0.444 e. The Bertz CT molecular complexity index is 1220. The normalized spacial score (nSPS) is 12.7. The molecule has 0 aliphatic carbocycles. The number of nitrogens with zero attached hydrogens (tertiary/aromatic N) is 1. The van der Waals surface area contributed by atoms with Crippen molar-refractivity contribution >= 4 is 41.1 Å². The maximum atomic E-state index is 14.1. The summed E-state index contributed by atoms with van der Waals surface area (Å²) >= 11 is 6.40. The molecule has 2 atom stereocenters. The van der Waals surface area contributed by atoms with Crippen molar-refractivity contribution in [2.24, 2.45) is 5.73 Å². The lowest BCUT2D eigenvalue weighted by Crippen LogP contribution is -2.52. The van der Waals surface area contributed by atoms with E-state index >= 15 is 0 Å². The summed E-state index contributed by atoms with van der Waals surface area (Å²) in [5.41, 5.74) is 8.35. The highest BCUT2D eigenvalue weighted by Crippen LogP contribution is 2.30. The molecule has 2 unspecified atom stereocenters. The molecule has 0 aliphatic rings. The first-order chi connectivity index (χ1) is 18.6. The zero-order valence-electron chi connectivity index (χ0n) is 24.4. The number of alkyl carbamates (subject to hydrolysis) is 1. The molecule has 40 heavy (non-hydrogen) atoms. The van der Waals surface area contributed by atoms with Crippen LogP contribution in [0.5, 0.6) is 0 Å². The van der Waals surface area contributed by atoms with E-state index in [0.29, 0.717) is 22.7 Å². The first-order valence-corrected chi connectivity index (χ1v) is 13.7. The Hall–Kier alpha value is -3.59. The molecule has 0 aromatic heterocycles. The molecule has 0 bridgehead atoms. The summed E-state index contributed by atoms with van der Waals surface area (Å²) in [6, 6.07) is 8.64. The van der Waals surface area contributed by atoms with Gasteiger partial charge in [0.25, 0.3) is 5.91 Å². The summed E-state index contributed by atoms with van der Waals surface area (Å²) < 4.78 is 5.36. The van der Waals surface area contributed by atoms with Gasteiger partial charge in [-0.3, -0.25) is 14.4 Å². The van der Waals surface area contributed by atoms with E-state index in [2.05, 4.69) is 10.6 Å². The van der Waals surface area contributed by atoms with Crippen molar-refractivity contribution in [1.29, 1.82) is 0 Å². The maximum absolute atomic E-state index is 14.1. The van der Waals surface area contributed by atoms with Gasteiger partial charge in [0.05, 0.1) is 10.7 Å². The fourth-order valence-electron chi connectivity index (χ4n) is 4.19. The van der Waals surface area contributed by atoms with Gasteiger partial charge in [-0.15, -0.1) is 0 Å². The van der Waals surface area contributed by atoms with Gasteiger partial charge in [0.1, 0.15) is 17.7 Å². The third kappa shape index (κ3) is 9.26. The summed E-state index contributed by atoms with van der Waals surface area (Å²) in [6.45, 7) is 12.9. The number of primary amides is 1. The minimum absolute atomic E-state index is 0.0570. The summed E-state index contributed by atoms with van der Waals surface area (Å²) in [6.07, 6.45) is -0.490. The number of nitrogens with one attached hydrogen (secondary N) is 2. The molecule has 4 N–H and O–H groups in total. The number of halogens is 1. The van der Waals surface area contributed by atoms with Gasteiger partial charge in [0.15, 0.2) is 0 Å². The average molecular weight is 573 g/mol. The first-order valence-electron chi connectivity index (χ1n) is 13.4. The fourth-order valence-corrected chi connectivity index (χ4v) is 4.46. The van der Waals surface area contributed by atoms with Crippen molar-refractivity contribution in [3.63, 3.8) is 0 Å². The smallest absolute Gasteiger partial charge is 0.408 e. The van der Waals surface area contributed by atoms with Crippen molar-refractivity contribution in [2.75, 3.05) is 11.9 Å². The number of carbonyl (C=O) groups excluding carboxylic acids is 4. The molecular weight excluding hydrogens is 532 g/mol. The number of anilines is 1. The second kappa shape index (κ2) is 14.2. The van der Waals surface area contributed by atoms with Crippen molar-refractivity contribution < 1.29 is 23.9 Å². The van der Waals surface area contributed by atoms with Crippen molar-refractivity contribution in [1.82, 2.24) is 10.2 Å². The van der Waals surface area contributed by atoms with Crippen LogP contribution in [-0.2, 0) is 19.1 Å². The Labute approximate surface area is 241 Å². The van der Waals surface area contributed by atoms with Crippen LogP contribution in [0.25, 0.3) is 0 Å². The van der Waals surface area contributed by atoms with Crippen LogP contribution < -0.4 is 16.4 Å². The summed E-state index contributed by atoms with van der Waals surface area (Å²) in [4.78, 5) is 53.8. The minimum atomic E-state index is -1.15. The molecule has 2 aromatic rings. The van der Waals surface area contributed by atoms with Crippen LogP contribution >= 0.6 is 11.6 Å². The maximum Gasteiger partial charge on any atom is 0.408 e. The molecule has 218 valence electrons. The van der Waals surface area contributed by atoms with Crippen LogP contribution in [0.2, 0.25) is 5.02 Å². The number of aryl methyl sites for hydroxylation is 3. The van der Waals surface area contributed by atoms with Crippen LogP contribution in [0.15, 0.2) is 36.4 Å². The van der Waals surface area contributed by atoms with Gasteiger partial charge >= 0.3 is 6.09 Å². The lowest BCUT2D eigenvalue weighted by Gasteiger charge is -2.34. The number of hydrogen-bond donors (Lipinski definition) is 3. The molecule has 0 fully saturated rings. The first kappa shape index (κ1) is 32.6. The van der Waals surface area contributed by atoms with Gasteiger partial charge in [-0.05, 0) is 82.7 Å². The Morgan fingerprint density at radius 2 is 1.70 bits per heavy atom. The van der Waals surface area contributed by atoms with Gasteiger partial charge in [0, 0.05) is 13.0 Å². The predicted octanol–water partition coefficient (Wildman–Crippen LogP) is 5.34. The van der Waals surface area contributed by atoms with E-state index in [1.807, 2.05) is 52.0 Å². The molecule has 10 heteroatoms. The molecule has 0 radical (unpaired) electrons. The van der Waals surface area contributed by atoms with E-state index < -0.39 is 41.5 Å². The highest BCUT2D eigenvalue weighted by Gasteiger charge is 2.36. The Morgan fingerprint density at radius 1 is 1.02 bits per heavy atom. The SMILES string of the molecule is CCCN(C(=O)C(CCC(N)=O)NC(=O)OC(C)(C)C)C(C(=O)Nc1c(C)cccc1Cl)c1ccc(C)c(C)c1. The lowest BCUT2D eigenvalue weighted by molar-refractivity contribution is -0.141. The highest BCUT2D eigenvalue weighted by atomic mass is 35.5. The number of benzene rings is 2. The van der Waals surface area contributed by atoms with Crippen LogP contribution in [0.3, 0.4) is 0 Å². The monoisotopic (exact) mass is 572 g/mol. The van der Waals surface area contributed by atoms with E-state index in [-0.39, 0.29) is 19.4 Å². The molecular formula is C30H41ClN4O5. The van der Waals surface area contributed by atoms with Crippen molar-refractivity contribution in [2.45, 2.75) is 85.4 Å². The molecule has 0 saturated heterocycles. The Kier molecular flexibility index (Phi) is 11.5. The lowest BCUT2D eigenvalue weighted by atomic mass is 9.97. The Balaban J connectivity index is 2.58. The summed E-state index contributed by atoms with van der Waals surface area (Å²) in [5.74, 6) is -1.63. The highest BCUT2D eigenvalue weighted by molar-refractivity contribution is 6.34. The molecule has 2 aromatic carbocycles. The van der Waals surface area contributed by atoms with E-state index in [1.165, 1.54) is 4.90 Å². The van der Waals surface area contributed by atoms with E-state index in [9.17, 15) is 19.2 Å². The average Bonchev–Trinajstić information content (AvgIpc) is 2.84. The molecule has 0 heterocycles. The number of rotatable bonds is 11. The number of hydrogen-bond acceptors (Lipinski definition) is 5. The molecule has 2 rings (SSSR count). The number of nitrogens with two attached hydrogens (primary N) is 1. The quantitative estimate of drug-likeness (QED) is 0.334. The number of para-hydroxylation sites is 1. The van der Waals surface area contributed by atoms with Crippen LogP contribution in [-0.4, -0.2) is 46.9 Å². The molecule has 0 aliphatic heterocycles. The predicted molar refractivity (Wildman–Crippen MR) is 157 cm³/mol. The van der Waals surface area contributed by atoms with E-state index in [4.69, 9.17) is 22.1 Å². The Morgan fingerprint density at radius 3 is 2.25 bits per heavy atom. The van der Waals surface area contributed by atoms with Crippen LogP contribution in [0, 0.1) is 20.8 Å². The number of carbonyl (C=O) groups is 4. The third-order valence-electron chi connectivity index (χ3n) is 6.29. The molecule has 0 saturated carbocycles. The van der Waals surface area contributed by atoms with Gasteiger partial charge in [-0.1, -0.05) is 48.9 Å². The second-order valence-electron chi connectivity index (χ2n) is 10.9. The standard InChI is InChI=1S/C30H41ClN4O5/c1-8-16-35(28(38)23(14-15-24(32)36)33-29(39)40-30(5,6)7)26(21-13-12-18(2)20(4)17-21)27(37)34-25-19(3)10-9-11-22(25)31/h9-13,17,23,26H,8,14-16H2,1-7H3,(H2,32,36)(H,33,39)(H,34,37). The third-order valence-corrected chi connectivity index (χ3v) is 6.61. The summed E-state index contributed by atoms with van der Waals surface area (Å²) in [5, 5.41) is 5.87.